The highest BCUT2D eigenvalue weighted by Gasteiger charge is 2.16. The normalized spacial score (nSPS) is 14.2. The molecule has 7 nitrogen and oxygen atoms in total. The molecule has 1 saturated heterocycles. The molecular formula is C28H29N7S2. The molecule has 4 aromatic heterocycles. The summed E-state index contributed by atoms with van der Waals surface area (Å²) in [5.41, 5.74) is 11.7. The second-order valence-electron chi connectivity index (χ2n) is 9.20. The van der Waals surface area contributed by atoms with Crippen LogP contribution in [0.15, 0.2) is 73.6 Å². The average Bonchev–Trinajstić information content (AvgIpc) is 3.67. The van der Waals surface area contributed by atoms with E-state index in [2.05, 4.69) is 54.7 Å². The summed E-state index contributed by atoms with van der Waals surface area (Å²) in [6.45, 7) is 7.46. The molecular weight excluding hydrogens is 498 g/mol. The van der Waals surface area contributed by atoms with Crippen molar-refractivity contribution in [1.29, 1.82) is 0 Å². The van der Waals surface area contributed by atoms with E-state index >= 15 is 0 Å². The lowest BCUT2D eigenvalue weighted by Crippen LogP contribution is -2.29. The predicted molar refractivity (Wildman–Crippen MR) is 157 cm³/mol. The average molecular weight is 528 g/mol. The number of imidazole rings is 1. The maximum Gasteiger partial charge on any atom is 0.188 e. The monoisotopic (exact) mass is 527 g/mol. The van der Waals surface area contributed by atoms with Crippen molar-refractivity contribution >= 4 is 55.5 Å². The maximum atomic E-state index is 6.06. The van der Waals surface area contributed by atoms with Crippen LogP contribution >= 0.6 is 22.7 Å². The summed E-state index contributed by atoms with van der Waals surface area (Å²) in [7, 11) is 0. The Morgan fingerprint density at radius 1 is 0.946 bits per heavy atom. The van der Waals surface area contributed by atoms with Crippen molar-refractivity contribution < 1.29 is 0 Å². The van der Waals surface area contributed by atoms with Crippen LogP contribution in [0.4, 0.5) is 21.5 Å². The van der Waals surface area contributed by atoms with Crippen LogP contribution in [0.2, 0.25) is 0 Å². The lowest BCUT2D eigenvalue weighted by molar-refractivity contribution is 0.218. The van der Waals surface area contributed by atoms with Crippen LogP contribution in [-0.4, -0.2) is 32.4 Å². The third kappa shape index (κ3) is 5.11. The summed E-state index contributed by atoms with van der Waals surface area (Å²) in [6, 6.07) is 18.2. The first-order valence-corrected chi connectivity index (χ1v) is 14.1. The van der Waals surface area contributed by atoms with Gasteiger partial charge in [0, 0.05) is 24.1 Å². The van der Waals surface area contributed by atoms with Crippen LogP contribution in [0.25, 0.3) is 21.9 Å². The van der Waals surface area contributed by atoms with Crippen molar-refractivity contribution in [3.8, 4) is 10.6 Å². The summed E-state index contributed by atoms with van der Waals surface area (Å²) in [6.07, 6.45) is 7.79. The molecule has 37 heavy (non-hydrogen) atoms. The number of hydrogen-bond donors (Lipinski definition) is 3. The van der Waals surface area contributed by atoms with Crippen molar-refractivity contribution in [1.82, 2.24) is 19.3 Å². The number of hydrogen-bond acceptors (Lipinski definition) is 8. The molecule has 1 aliphatic heterocycles. The summed E-state index contributed by atoms with van der Waals surface area (Å²) in [5.74, 6) is 0. The van der Waals surface area contributed by atoms with Crippen LogP contribution in [0.1, 0.15) is 29.8 Å². The molecule has 0 bridgehead atoms. The number of nitrogens with two attached hydrogens (primary N) is 1. The third-order valence-corrected chi connectivity index (χ3v) is 8.58. The number of pyridine rings is 1. The summed E-state index contributed by atoms with van der Waals surface area (Å²) in [4.78, 5) is 14.0. The number of aromatic nitrogens is 3. The Hall–Kier alpha value is -3.66. The first-order chi connectivity index (χ1) is 18.1. The third-order valence-electron chi connectivity index (χ3n) is 6.58. The first kappa shape index (κ1) is 23.7. The first-order valence-electron chi connectivity index (χ1n) is 12.5. The molecule has 9 heteroatoms. The number of likely N-dealkylation sites (tertiary alicyclic amines) is 1. The zero-order valence-electron chi connectivity index (χ0n) is 20.5. The zero-order valence-corrected chi connectivity index (χ0v) is 22.1. The van der Waals surface area contributed by atoms with E-state index in [4.69, 9.17) is 5.73 Å². The van der Waals surface area contributed by atoms with Gasteiger partial charge in [-0.15, -0.1) is 11.3 Å². The molecule has 5 heterocycles. The van der Waals surface area contributed by atoms with Crippen molar-refractivity contribution in [2.75, 3.05) is 29.5 Å². The van der Waals surface area contributed by atoms with Crippen molar-refractivity contribution in [2.45, 2.75) is 25.8 Å². The van der Waals surface area contributed by atoms with Crippen molar-refractivity contribution in [3.63, 3.8) is 0 Å². The highest BCUT2D eigenvalue weighted by Crippen LogP contribution is 2.35. The molecule has 0 radical (unpaired) electrons. The summed E-state index contributed by atoms with van der Waals surface area (Å²) < 4.78 is 2.28. The molecule has 0 unspecified atom stereocenters. The van der Waals surface area contributed by atoms with Crippen LogP contribution in [0, 0.1) is 0 Å². The van der Waals surface area contributed by atoms with E-state index in [0.29, 0.717) is 5.69 Å². The van der Waals surface area contributed by atoms with E-state index in [1.807, 2.05) is 48.8 Å². The van der Waals surface area contributed by atoms with Gasteiger partial charge in [-0.2, -0.15) is 0 Å². The smallest absolute Gasteiger partial charge is 0.188 e. The summed E-state index contributed by atoms with van der Waals surface area (Å²) in [5, 5.41) is 8.62. The molecule has 1 aliphatic rings. The van der Waals surface area contributed by atoms with Gasteiger partial charge >= 0.3 is 0 Å². The Morgan fingerprint density at radius 3 is 2.68 bits per heavy atom. The molecule has 4 N–H and O–H groups in total. The molecule has 0 amide bonds. The highest BCUT2D eigenvalue weighted by molar-refractivity contribution is 7.20. The van der Waals surface area contributed by atoms with Gasteiger partial charge in [0.25, 0.3) is 0 Å². The number of fused-ring (bicyclic) bond motifs is 1. The van der Waals surface area contributed by atoms with Gasteiger partial charge in [0.2, 0.25) is 0 Å². The number of nitrogen functional groups attached to an aromatic ring is 1. The van der Waals surface area contributed by atoms with Crippen LogP contribution in [0.3, 0.4) is 0 Å². The van der Waals surface area contributed by atoms with E-state index < -0.39 is 0 Å². The van der Waals surface area contributed by atoms with Crippen LogP contribution in [-0.2, 0) is 6.54 Å². The highest BCUT2D eigenvalue weighted by atomic mass is 32.1. The SMILES string of the molecule is C=C(Nc1ccccc1N)c1ccc(Nc2ncc(-c3cnc4cccc(CN5CCCCC5)n34)s2)s1. The van der Waals surface area contributed by atoms with E-state index in [0.717, 1.165) is 49.2 Å². The lowest BCUT2D eigenvalue weighted by atomic mass is 10.1. The van der Waals surface area contributed by atoms with E-state index in [9.17, 15) is 0 Å². The number of nitrogens with zero attached hydrogens (tertiary/aromatic N) is 4. The molecule has 5 aromatic rings. The fraction of sp³-hybridized carbons (Fsp3) is 0.214. The van der Waals surface area contributed by atoms with Gasteiger partial charge in [-0.3, -0.25) is 9.30 Å². The molecule has 0 atom stereocenters. The molecule has 0 saturated carbocycles. The number of nitrogens with one attached hydrogen (secondary N) is 2. The Morgan fingerprint density at radius 2 is 1.81 bits per heavy atom. The quantitative estimate of drug-likeness (QED) is 0.190. The van der Waals surface area contributed by atoms with Gasteiger partial charge in [-0.25, -0.2) is 9.97 Å². The molecule has 0 spiro atoms. The molecule has 0 aliphatic carbocycles. The summed E-state index contributed by atoms with van der Waals surface area (Å²) >= 11 is 3.25. The minimum atomic E-state index is 0.695. The largest absolute Gasteiger partial charge is 0.397 e. The van der Waals surface area contributed by atoms with E-state index in [1.165, 1.54) is 38.0 Å². The predicted octanol–water partition coefficient (Wildman–Crippen LogP) is 6.91. The number of anilines is 4. The minimum Gasteiger partial charge on any atom is -0.397 e. The van der Waals surface area contributed by atoms with Gasteiger partial charge in [0.15, 0.2) is 5.13 Å². The number of thiazole rings is 1. The number of thiophene rings is 1. The van der Waals surface area contributed by atoms with Crippen molar-refractivity contribution in [2.24, 2.45) is 0 Å². The number of benzene rings is 1. The van der Waals surface area contributed by atoms with Crippen molar-refractivity contribution in [3.05, 3.63) is 84.1 Å². The minimum absolute atomic E-state index is 0.695. The molecule has 1 aromatic carbocycles. The molecule has 188 valence electrons. The Balaban J connectivity index is 1.19. The van der Waals surface area contributed by atoms with E-state index in [1.54, 1.807) is 22.7 Å². The van der Waals surface area contributed by atoms with Gasteiger partial charge in [-0.1, -0.05) is 42.5 Å². The fourth-order valence-electron chi connectivity index (χ4n) is 4.71. The number of para-hydroxylation sites is 2. The van der Waals surface area contributed by atoms with Crippen LogP contribution in [0.5, 0.6) is 0 Å². The topological polar surface area (TPSA) is 83.5 Å². The number of rotatable bonds is 8. The van der Waals surface area contributed by atoms with E-state index in [-0.39, 0.29) is 0 Å². The second-order valence-corrected chi connectivity index (χ2v) is 11.3. The Labute approximate surface area is 224 Å². The lowest BCUT2D eigenvalue weighted by Gasteiger charge is -2.26. The zero-order chi connectivity index (χ0) is 25.2. The van der Waals surface area contributed by atoms with Gasteiger partial charge in [0.1, 0.15) is 5.65 Å². The van der Waals surface area contributed by atoms with Gasteiger partial charge < -0.3 is 16.4 Å². The van der Waals surface area contributed by atoms with Crippen LogP contribution < -0.4 is 16.4 Å². The standard InChI is InChI=1S/C28H29N7S2/c1-19(32-22-10-4-3-9-21(22)29)24-12-13-27(36-24)33-28-31-17-25(37-28)23-16-30-26-11-7-8-20(35(23)26)18-34-14-5-2-6-15-34/h3-4,7-13,16-17,32H,1-2,5-6,14-15,18,29H2,(H,31,33). The van der Waals surface area contributed by atoms with Gasteiger partial charge in [0.05, 0.1) is 38.0 Å². The Kier molecular flexibility index (Phi) is 6.65. The Bertz CT molecular complexity index is 1540. The second kappa shape index (κ2) is 10.4. The maximum absolute atomic E-state index is 6.06. The van der Waals surface area contributed by atoms with Gasteiger partial charge in [-0.05, 0) is 62.3 Å². The number of piperidine rings is 1. The molecule has 1 fully saturated rings. The fourth-order valence-corrected chi connectivity index (χ4v) is 6.43. The molecule has 6 rings (SSSR count).